The number of thioether (sulfide) groups is 1. The Morgan fingerprint density at radius 2 is 2.25 bits per heavy atom. The third-order valence-electron chi connectivity index (χ3n) is 2.90. The van der Waals surface area contributed by atoms with E-state index in [1.165, 1.54) is 16.6 Å². The minimum atomic E-state index is -0.148. The van der Waals surface area contributed by atoms with Gasteiger partial charge in [0.25, 0.3) is 0 Å². The quantitative estimate of drug-likeness (QED) is 0.657. The first-order valence-corrected chi connectivity index (χ1v) is 8.53. The molecule has 0 aliphatic heterocycles. The number of carbonyl (C=O) groups excluding carboxylic acids is 1. The molecular formula is C14H19N3OS2. The van der Waals surface area contributed by atoms with E-state index in [2.05, 4.69) is 28.3 Å². The highest BCUT2D eigenvalue weighted by Crippen LogP contribution is 2.32. The molecule has 1 unspecified atom stereocenters. The minimum Gasteiger partial charge on any atom is -0.355 e. The highest BCUT2D eigenvalue weighted by molar-refractivity contribution is 8.00. The number of aromatic nitrogens is 2. The fourth-order valence-electron chi connectivity index (χ4n) is 1.76. The monoisotopic (exact) mass is 309 g/mol. The van der Waals surface area contributed by atoms with Gasteiger partial charge in [-0.2, -0.15) is 0 Å². The van der Waals surface area contributed by atoms with Crippen LogP contribution >= 0.6 is 23.1 Å². The number of hydrogen-bond donors (Lipinski definition) is 1. The van der Waals surface area contributed by atoms with Crippen LogP contribution in [0.25, 0.3) is 10.2 Å². The van der Waals surface area contributed by atoms with Crippen LogP contribution in [0.1, 0.15) is 32.1 Å². The van der Waals surface area contributed by atoms with Crippen molar-refractivity contribution in [1.29, 1.82) is 0 Å². The van der Waals surface area contributed by atoms with Crippen LogP contribution < -0.4 is 5.32 Å². The highest BCUT2D eigenvalue weighted by Gasteiger charge is 2.17. The number of fused-ring (bicyclic) bond motifs is 1. The van der Waals surface area contributed by atoms with Crippen molar-refractivity contribution in [2.24, 2.45) is 0 Å². The van der Waals surface area contributed by atoms with E-state index in [9.17, 15) is 4.79 Å². The van der Waals surface area contributed by atoms with E-state index in [4.69, 9.17) is 0 Å². The molecule has 0 aliphatic carbocycles. The fraction of sp³-hybridized carbons (Fsp3) is 0.500. The van der Waals surface area contributed by atoms with Gasteiger partial charge in [0.15, 0.2) is 0 Å². The second kappa shape index (κ2) is 7.04. The van der Waals surface area contributed by atoms with Crippen molar-refractivity contribution in [2.75, 3.05) is 6.54 Å². The number of rotatable bonds is 6. The predicted octanol–water partition coefficient (Wildman–Crippen LogP) is 3.26. The lowest BCUT2D eigenvalue weighted by Gasteiger charge is -2.11. The van der Waals surface area contributed by atoms with Crippen molar-refractivity contribution in [3.63, 3.8) is 0 Å². The number of amides is 1. The lowest BCUT2D eigenvalue weighted by Crippen LogP contribution is -2.31. The lowest BCUT2D eigenvalue weighted by molar-refractivity contribution is -0.120. The molecule has 4 nitrogen and oxygen atoms in total. The highest BCUT2D eigenvalue weighted by atomic mass is 32.2. The molecule has 1 N–H and O–H groups in total. The standard InChI is InChI=1S/C14H19N3OS2/c1-4-6-15-12(18)9(3)19-13-11-7-10(5-2)20-14(11)17-8-16-13/h7-9H,4-6H2,1-3H3,(H,15,18). The van der Waals surface area contributed by atoms with Crippen LogP contribution in [-0.2, 0) is 11.2 Å². The average Bonchev–Trinajstić information content (AvgIpc) is 2.88. The van der Waals surface area contributed by atoms with Crippen LogP contribution in [0.4, 0.5) is 0 Å². The van der Waals surface area contributed by atoms with Gasteiger partial charge in [0.1, 0.15) is 16.2 Å². The molecule has 2 aromatic heterocycles. The Hall–Kier alpha value is -1.14. The van der Waals surface area contributed by atoms with Gasteiger partial charge in [-0.15, -0.1) is 11.3 Å². The first-order chi connectivity index (χ1) is 9.65. The van der Waals surface area contributed by atoms with Crippen LogP contribution in [0.5, 0.6) is 0 Å². The first-order valence-electron chi connectivity index (χ1n) is 6.83. The van der Waals surface area contributed by atoms with E-state index in [-0.39, 0.29) is 11.2 Å². The zero-order chi connectivity index (χ0) is 14.5. The molecule has 0 bridgehead atoms. The van der Waals surface area contributed by atoms with E-state index in [1.807, 2.05) is 13.8 Å². The molecule has 1 amide bonds. The van der Waals surface area contributed by atoms with Crippen molar-refractivity contribution < 1.29 is 4.79 Å². The Morgan fingerprint density at radius 3 is 2.95 bits per heavy atom. The van der Waals surface area contributed by atoms with Gasteiger partial charge >= 0.3 is 0 Å². The van der Waals surface area contributed by atoms with E-state index < -0.39 is 0 Å². The minimum absolute atomic E-state index is 0.0644. The number of nitrogens with one attached hydrogen (secondary N) is 1. The molecule has 0 aromatic carbocycles. The summed E-state index contributed by atoms with van der Waals surface area (Å²) in [6.07, 6.45) is 3.53. The van der Waals surface area contributed by atoms with Gasteiger partial charge in [0, 0.05) is 16.8 Å². The molecule has 1 atom stereocenters. The van der Waals surface area contributed by atoms with Gasteiger partial charge in [-0.25, -0.2) is 9.97 Å². The fourth-order valence-corrected chi connectivity index (χ4v) is 3.68. The van der Waals surface area contributed by atoms with Crippen LogP contribution in [0.15, 0.2) is 17.4 Å². The number of hydrogen-bond acceptors (Lipinski definition) is 5. The summed E-state index contributed by atoms with van der Waals surface area (Å²) in [5.74, 6) is 0.0644. The molecule has 0 fully saturated rings. The van der Waals surface area contributed by atoms with Crippen LogP contribution in [0, 0.1) is 0 Å². The topological polar surface area (TPSA) is 54.9 Å². The maximum Gasteiger partial charge on any atom is 0.233 e. The smallest absolute Gasteiger partial charge is 0.233 e. The van der Waals surface area contributed by atoms with Crippen molar-refractivity contribution in [3.05, 3.63) is 17.3 Å². The van der Waals surface area contributed by atoms with Crippen molar-refractivity contribution in [3.8, 4) is 0 Å². The third-order valence-corrected chi connectivity index (χ3v) is 5.20. The molecule has 0 radical (unpaired) electrons. The summed E-state index contributed by atoms with van der Waals surface area (Å²) in [7, 11) is 0. The van der Waals surface area contributed by atoms with E-state index in [0.717, 1.165) is 34.6 Å². The zero-order valence-corrected chi connectivity index (χ0v) is 13.6. The molecule has 0 saturated heterocycles. The first kappa shape index (κ1) is 15.3. The number of aryl methyl sites for hydroxylation is 1. The molecule has 6 heteroatoms. The van der Waals surface area contributed by atoms with E-state index in [0.29, 0.717) is 0 Å². The summed E-state index contributed by atoms with van der Waals surface area (Å²) < 4.78 is 0. The van der Waals surface area contributed by atoms with Crippen LogP contribution in [0.3, 0.4) is 0 Å². The molecule has 108 valence electrons. The largest absolute Gasteiger partial charge is 0.355 e. The van der Waals surface area contributed by atoms with Gasteiger partial charge < -0.3 is 5.32 Å². The number of thiophene rings is 1. The molecule has 0 saturated carbocycles. The van der Waals surface area contributed by atoms with Gasteiger partial charge in [0.2, 0.25) is 5.91 Å². The summed E-state index contributed by atoms with van der Waals surface area (Å²) in [4.78, 5) is 22.9. The Balaban J connectivity index is 2.16. The lowest BCUT2D eigenvalue weighted by atomic mass is 10.3. The summed E-state index contributed by atoms with van der Waals surface area (Å²) in [6.45, 7) is 6.81. The summed E-state index contributed by atoms with van der Waals surface area (Å²) in [6, 6.07) is 2.14. The van der Waals surface area contributed by atoms with Gasteiger partial charge in [-0.05, 0) is 25.8 Å². The number of nitrogens with zero attached hydrogens (tertiary/aromatic N) is 2. The SMILES string of the molecule is CCCNC(=O)C(C)Sc1ncnc2sc(CC)cc12. The van der Waals surface area contributed by atoms with E-state index >= 15 is 0 Å². The predicted molar refractivity (Wildman–Crippen MR) is 85.4 cm³/mol. The van der Waals surface area contributed by atoms with Crippen LogP contribution in [0.2, 0.25) is 0 Å². The summed E-state index contributed by atoms with van der Waals surface area (Å²) in [5, 5.41) is 4.73. The Kier molecular flexibility index (Phi) is 5.37. The van der Waals surface area contributed by atoms with Crippen molar-refractivity contribution in [2.45, 2.75) is 43.9 Å². The molecule has 2 aromatic rings. The Bertz CT molecular complexity index is 597. The third kappa shape index (κ3) is 3.49. The van der Waals surface area contributed by atoms with E-state index in [1.54, 1.807) is 17.7 Å². The molecule has 0 aliphatic rings. The van der Waals surface area contributed by atoms with Gasteiger partial charge in [-0.3, -0.25) is 4.79 Å². The average molecular weight is 309 g/mol. The summed E-state index contributed by atoms with van der Waals surface area (Å²) in [5.41, 5.74) is 0. The Labute approximate surface area is 127 Å². The molecule has 2 heterocycles. The molecule has 20 heavy (non-hydrogen) atoms. The number of carbonyl (C=O) groups is 1. The van der Waals surface area contributed by atoms with Gasteiger partial charge in [0.05, 0.1) is 5.25 Å². The normalized spacial score (nSPS) is 12.6. The second-order valence-corrected chi connectivity index (χ2v) is 6.96. The van der Waals surface area contributed by atoms with Crippen molar-refractivity contribution in [1.82, 2.24) is 15.3 Å². The van der Waals surface area contributed by atoms with Crippen LogP contribution in [-0.4, -0.2) is 27.7 Å². The maximum atomic E-state index is 11.9. The summed E-state index contributed by atoms with van der Waals surface area (Å²) >= 11 is 3.19. The zero-order valence-electron chi connectivity index (χ0n) is 12.0. The van der Waals surface area contributed by atoms with Crippen molar-refractivity contribution >= 4 is 39.2 Å². The maximum absolute atomic E-state index is 11.9. The molecule has 2 rings (SSSR count). The molecule has 0 spiro atoms. The van der Waals surface area contributed by atoms with Gasteiger partial charge in [-0.1, -0.05) is 25.6 Å². The second-order valence-electron chi connectivity index (χ2n) is 4.52. The molecular weight excluding hydrogens is 290 g/mol. The Morgan fingerprint density at radius 1 is 1.45 bits per heavy atom.